The Kier molecular flexibility index (Phi) is 5.65. The number of hydrogen-bond donors (Lipinski definition) is 0. The second-order valence-corrected chi connectivity index (χ2v) is 15.5. The van der Waals surface area contributed by atoms with Crippen LogP contribution in [0.15, 0.2) is 194 Å². The van der Waals surface area contributed by atoms with Crippen molar-refractivity contribution in [2.24, 2.45) is 0 Å². The molecule has 1 spiro atoms. The topological polar surface area (TPSA) is 0 Å². The molecule has 3 aliphatic rings. The van der Waals surface area contributed by atoms with Gasteiger partial charge in [0.2, 0.25) is 0 Å². The molecule has 0 saturated heterocycles. The van der Waals surface area contributed by atoms with Crippen LogP contribution in [0.2, 0.25) is 0 Å². The van der Waals surface area contributed by atoms with Crippen LogP contribution >= 0.6 is 0 Å². The van der Waals surface area contributed by atoms with Crippen molar-refractivity contribution in [3.8, 4) is 66.8 Å². The standard InChI is InChI=1S/C55H32/c1-2-11-39-34(10-1)26-31-51-53(39)48-28-25-37-32-36(24-27-40(37)54(48)55(51)49-18-7-5-14-43(49)44-15-6-8-19-50(44)55)33-20-22-35(23-21-33)38-29-30-47-42-13-4-3-12-41(42)46-17-9-16-45(38)52(46)47/h1-32H. The van der Waals surface area contributed by atoms with E-state index < -0.39 is 5.41 Å². The molecule has 0 nitrogen and oxygen atoms in total. The molecule has 10 aromatic rings. The highest BCUT2D eigenvalue weighted by Gasteiger charge is 2.52. The van der Waals surface area contributed by atoms with Gasteiger partial charge >= 0.3 is 0 Å². The highest BCUT2D eigenvalue weighted by atomic mass is 14.5. The lowest BCUT2D eigenvalue weighted by molar-refractivity contribution is 0.802. The zero-order valence-corrected chi connectivity index (χ0v) is 30.0. The van der Waals surface area contributed by atoms with E-state index in [2.05, 4.69) is 194 Å². The van der Waals surface area contributed by atoms with E-state index in [0.29, 0.717) is 0 Å². The van der Waals surface area contributed by atoms with Crippen molar-refractivity contribution in [2.45, 2.75) is 5.41 Å². The van der Waals surface area contributed by atoms with Crippen LogP contribution in [0, 0.1) is 0 Å². The number of benzene rings is 10. The Bertz CT molecular complexity index is 3230. The van der Waals surface area contributed by atoms with Crippen LogP contribution in [0.4, 0.5) is 0 Å². The molecule has 0 heterocycles. The summed E-state index contributed by atoms with van der Waals surface area (Å²) in [5.74, 6) is 0. The SMILES string of the molecule is c1ccc2c(c1)-c1cccc3c(-c4ccc(-c5ccc6c7c(ccc6c5)-c5c(ccc6ccccc56)C75c6ccccc6-c6ccccc65)cc4)ccc-2c13. The number of rotatable bonds is 2. The molecule has 0 heteroatoms. The summed E-state index contributed by atoms with van der Waals surface area (Å²) in [6, 6.07) is 73.2. The van der Waals surface area contributed by atoms with Gasteiger partial charge in [0, 0.05) is 0 Å². The molecule has 0 N–H and O–H groups in total. The van der Waals surface area contributed by atoms with Gasteiger partial charge in [0.25, 0.3) is 0 Å². The average molecular weight is 693 g/mol. The van der Waals surface area contributed by atoms with Gasteiger partial charge in [-0.15, -0.1) is 0 Å². The maximum absolute atomic E-state index is 2.42. The van der Waals surface area contributed by atoms with Crippen LogP contribution in [0.1, 0.15) is 22.3 Å². The van der Waals surface area contributed by atoms with E-state index in [0.717, 1.165) is 0 Å². The van der Waals surface area contributed by atoms with Crippen LogP contribution < -0.4 is 0 Å². The Balaban J connectivity index is 0.983. The molecular formula is C55H32. The lowest BCUT2D eigenvalue weighted by atomic mass is 9.69. The lowest BCUT2D eigenvalue weighted by Gasteiger charge is -2.31. The first-order chi connectivity index (χ1) is 27.3. The molecular weight excluding hydrogens is 661 g/mol. The minimum atomic E-state index is -0.397. The number of fused-ring (bicyclic) bond motifs is 17. The van der Waals surface area contributed by atoms with Crippen LogP contribution in [0.3, 0.4) is 0 Å². The third-order valence-electron chi connectivity index (χ3n) is 13.0. The first-order valence-electron chi connectivity index (χ1n) is 19.3. The van der Waals surface area contributed by atoms with Gasteiger partial charge in [0.05, 0.1) is 5.41 Å². The van der Waals surface area contributed by atoms with Gasteiger partial charge in [0.15, 0.2) is 0 Å². The molecule has 0 fully saturated rings. The van der Waals surface area contributed by atoms with Gasteiger partial charge in [-0.1, -0.05) is 188 Å². The van der Waals surface area contributed by atoms with Crippen molar-refractivity contribution in [1.29, 1.82) is 0 Å². The molecule has 252 valence electrons. The second-order valence-electron chi connectivity index (χ2n) is 15.5. The fraction of sp³-hybridized carbons (Fsp3) is 0.0182. The van der Waals surface area contributed by atoms with E-state index in [1.165, 1.54) is 121 Å². The van der Waals surface area contributed by atoms with Crippen molar-refractivity contribution in [2.75, 3.05) is 0 Å². The number of hydrogen-bond acceptors (Lipinski definition) is 0. The largest absolute Gasteiger partial charge is 0.0731 e. The summed E-state index contributed by atoms with van der Waals surface area (Å²) < 4.78 is 0. The predicted molar refractivity (Wildman–Crippen MR) is 231 cm³/mol. The molecule has 0 saturated carbocycles. The van der Waals surface area contributed by atoms with Gasteiger partial charge in [-0.05, 0) is 127 Å². The fourth-order valence-corrected chi connectivity index (χ4v) is 10.8. The van der Waals surface area contributed by atoms with Crippen molar-refractivity contribution in [1.82, 2.24) is 0 Å². The third kappa shape index (κ3) is 3.67. The van der Waals surface area contributed by atoms with Gasteiger partial charge in [-0.2, -0.15) is 0 Å². The maximum Gasteiger partial charge on any atom is 0.0731 e. The minimum absolute atomic E-state index is 0.397. The molecule has 0 aromatic heterocycles. The third-order valence-corrected chi connectivity index (χ3v) is 13.0. The van der Waals surface area contributed by atoms with E-state index in [4.69, 9.17) is 0 Å². The molecule has 3 aliphatic carbocycles. The van der Waals surface area contributed by atoms with Crippen molar-refractivity contribution in [3.63, 3.8) is 0 Å². The molecule has 0 unspecified atom stereocenters. The zero-order valence-electron chi connectivity index (χ0n) is 30.0. The predicted octanol–water partition coefficient (Wildman–Crippen LogP) is 14.5. The minimum Gasteiger partial charge on any atom is -0.0619 e. The van der Waals surface area contributed by atoms with Crippen molar-refractivity contribution >= 4 is 32.3 Å². The summed E-state index contributed by atoms with van der Waals surface area (Å²) in [4.78, 5) is 0. The molecule has 0 amide bonds. The van der Waals surface area contributed by atoms with Crippen LogP contribution in [-0.2, 0) is 5.41 Å². The molecule has 0 atom stereocenters. The quantitative estimate of drug-likeness (QED) is 0.169. The molecule has 55 heavy (non-hydrogen) atoms. The monoisotopic (exact) mass is 692 g/mol. The Morgan fingerprint density at radius 3 is 1.62 bits per heavy atom. The van der Waals surface area contributed by atoms with Crippen LogP contribution in [0.25, 0.3) is 99.1 Å². The smallest absolute Gasteiger partial charge is 0.0619 e. The summed E-state index contributed by atoms with van der Waals surface area (Å²) in [5.41, 5.74) is 20.9. The fourth-order valence-electron chi connectivity index (χ4n) is 10.8. The Morgan fingerprint density at radius 1 is 0.273 bits per heavy atom. The first-order valence-corrected chi connectivity index (χ1v) is 19.3. The van der Waals surface area contributed by atoms with E-state index in [-0.39, 0.29) is 0 Å². The maximum atomic E-state index is 2.42. The molecule has 13 rings (SSSR count). The molecule has 0 bridgehead atoms. The van der Waals surface area contributed by atoms with Gasteiger partial charge in [-0.25, -0.2) is 0 Å². The highest BCUT2D eigenvalue weighted by Crippen LogP contribution is 2.65. The van der Waals surface area contributed by atoms with Gasteiger partial charge in [0.1, 0.15) is 0 Å². The van der Waals surface area contributed by atoms with E-state index in [9.17, 15) is 0 Å². The first kappa shape index (κ1) is 29.4. The van der Waals surface area contributed by atoms with E-state index in [1.54, 1.807) is 0 Å². The average Bonchev–Trinajstić information content (AvgIpc) is 3.86. The van der Waals surface area contributed by atoms with Gasteiger partial charge < -0.3 is 0 Å². The van der Waals surface area contributed by atoms with Crippen LogP contribution in [-0.4, -0.2) is 0 Å². The van der Waals surface area contributed by atoms with Gasteiger partial charge in [-0.3, -0.25) is 0 Å². The second kappa shape index (κ2) is 10.6. The Hall–Kier alpha value is -7.02. The van der Waals surface area contributed by atoms with Crippen LogP contribution in [0.5, 0.6) is 0 Å². The van der Waals surface area contributed by atoms with E-state index in [1.807, 2.05) is 0 Å². The molecule has 0 aliphatic heterocycles. The Labute approximate surface area is 319 Å². The zero-order chi connectivity index (χ0) is 35.8. The van der Waals surface area contributed by atoms with Crippen molar-refractivity contribution in [3.05, 3.63) is 216 Å². The lowest BCUT2D eigenvalue weighted by Crippen LogP contribution is -2.26. The normalized spacial score (nSPS) is 13.6. The Morgan fingerprint density at radius 2 is 0.836 bits per heavy atom. The molecule has 0 radical (unpaired) electrons. The summed E-state index contributed by atoms with van der Waals surface area (Å²) in [6.45, 7) is 0. The summed E-state index contributed by atoms with van der Waals surface area (Å²) in [6.07, 6.45) is 0. The van der Waals surface area contributed by atoms with E-state index >= 15 is 0 Å². The highest BCUT2D eigenvalue weighted by molar-refractivity contribution is 6.19. The summed E-state index contributed by atoms with van der Waals surface area (Å²) >= 11 is 0. The molecule has 10 aromatic carbocycles. The van der Waals surface area contributed by atoms with Crippen molar-refractivity contribution < 1.29 is 0 Å². The summed E-state index contributed by atoms with van der Waals surface area (Å²) in [5, 5.41) is 7.87. The summed E-state index contributed by atoms with van der Waals surface area (Å²) in [7, 11) is 0.